The highest BCUT2D eigenvalue weighted by atomic mass is 16.5. The maximum Gasteiger partial charge on any atom is 0.276 e. The van der Waals surface area contributed by atoms with Crippen molar-refractivity contribution < 1.29 is 14.3 Å². The van der Waals surface area contributed by atoms with Crippen LogP contribution in [-0.2, 0) is 17.8 Å². The topological polar surface area (TPSA) is 84.1 Å². The van der Waals surface area contributed by atoms with Gasteiger partial charge in [0.15, 0.2) is 11.5 Å². The van der Waals surface area contributed by atoms with Crippen LogP contribution in [0.25, 0.3) is 0 Å². The van der Waals surface area contributed by atoms with Gasteiger partial charge in [0.05, 0.1) is 13.2 Å². The molecule has 21 heavy (non-hydrogen) atoms. The summed E-state index contributed by atoms with van der Waals surface area (Å²) in [7, 11) is 0. The van der Waals surface area contributed by atoms with Crippen LogP contribution in [0.1, 0.15) is 39.0 Å². The first-order chi connectivity index (χ1) is 10.1. The summed E-state index contributed by atoms with van der Waals surface area (Å²) < 4.78 is 5.36. The third-order valence-corrected chi connectivity index (χ3v) is 3.44. The molecule has 0 unspecified atom stereocenters. The lowest BCUT2D eigenvalue weighted by Crippen LogP contribution is -2.17. The van der Waals surface area contributed by atoms with Crippen LogP contribution in [0.4, 0.5) is 5.69 Å². The fourth-order valence-electron chi connectivity index (χ4n) is 2.31. The Balaban J connectivity index is 1.82. The molecule has 0 bridgehead atoms. The number of aromatic nitrogens is 2. The van der Waals surface area contributed by atoms with Crippen molar-refractivity contribution in [2.75, 3.05) is 11.9 Å². The van der Waals surface area contributed by atoms with Crippen LogP contribution in [0.5, 0.6) is 0 Å². The predicted octanol–water partition coefficient (Wildman–Crippen LogP) is 1.94. The summed E-state index contributed by atoms with van der Waals surface area (Å²) in [5.74, 6) is -0.352. The Morgan fingerprint density at radius 1 is 1.38 bits per heavy atom. The molecule has 1 aliphatic heterocycles. The second-order valence-electron chi connectivity index (χ2n) is 4.92. The van der Waals surface area contributed by atoms with Gasteiger partial charge in [-0.1, -0.05) is 12.1 Å². The molecular weight excluding hydrogens is 270 g/mol. The Morgan fingerprint density at radius 2 is 2.24 bits per heavy atom. The third-order valence-electron chi connectivity index (χ3n) is 3.44. The monoisotopic (exact) mass is 285 g/mol. The zero-order valence-corrected chi connectivity index (χ0v) is 11.6. The highest BCUT2D eigenvalue weighted by Gasteiger charge is 2.22. The number of fused-ring (bicyclic) bond motifs is 1. The van der Waals surface area contributed by atoms with E-state index >= 15 is 0 Å². The number of benzene rings is 1. The molecule has 1 aliphatic rings. The van der Waals surface area contributed by atoms with Crippen molar-refractivity contribution in [1.82, 2.24) is 10.2 Å². The quantitative estimate of drug-likeness (QED) is 0.844. The van der Waals surface area contributed by atoms with E-state index in [1.807, 2.05) is 0 Å². The molecule has 2 aromatic rings. The Bertz CT molecular complexity index is 706. The molecule has 108 valence electrons. The molecule has 1 amide bonds. The molecule has 1 aromatic heterocycles. The highest BCUT2D eigenvalue weighted by molar-refractivity contribution is 6.04. The Morgan fingerprint density at radius 3 is 3.05 bits per heavy atom. The van der Waals surface area contributed by atoms with Crippen LogP contribution in [-0.4, -0.2) is 28.5 Å². The third kappa shape index (κ3) is 2.71. The van der Waals surface area contributed by atoms with Gasteiger partial charge in [0.1, 0.15) is 0 Å². The van der Waals surface area contributed by atoms with Gasteiger partial charge in [-0.05, 0) is 19.1 Å². The lowest BCUT2D eigenvalue weighted by molar-refractivity contribution is 0.0983. The Hall–Kier alpha value is -2.47. The molecule has 0 radical (unpaired) electrons. The summed E-state index contributed by atoms with van der Waals surface area (Å²) in [6, 6.07) is 6.83. The van der Waals surface area contributed by atoms with Crippen LogP contribution < -0.4 is 5.32 Å². The Kier molecular flexibility index (Phi) is 3.53. The normalized spacial score (nSPS) is 13.6. The molecule has 0 saturated carbocycles. The number of nitrogens with zero attached hydrogens (tertiary/aromatic N) is 1. The van der Waals surface area contributed by atoms with Crippen molar-refractivity contribution in [2.24, 2.45) is 0 Å². The smallest absolute Gasteiger partial charge is 0.276 e. The molecular formula is C15H15N3O3. The van der Waals surface area contributed by atoms with Gasteiger partial charge < -0.3 is 10.1 Å². The number of rotatable bonds is 3. The SMILES string of the molecule is CC(=O)c1cccc(NC(=O)c2n[nH]c3c2COCC3)c1. The van der Waals surface area contributed by atoms with Crippen molar-refractivity contribution in [3.8, 4) is 0 Å². The minimum Gasteiger partial charge on any atom is -0.376 e. The highest BCUT2D eigenvalue weighted by Crippen LogP contribution is 2.19. The van der Waals surface area contributed by atoms with Crippen LogP contribution in [0.2, 0.25) is 0 Å². The molecule has 3 rings (SSSR count). The largest absolute Gasteiger partial charge is 0.376 e. The fraction of sp³-hybridized carbons (Fsp3) is 0.267. The average molecular weight is 285 g/mol. The van der Waals surface area contributed by atoms with E-state index in [0.29, 0.717) is 30.2 Å². The van der Waals surface area contributed by atoms with Crippen molar-refractivity contribution in [1.29, 1.82) is 0 Å². The molecule has 6 nitrogen and oxygen atoms in total. The number of anilines is 1. The van der Waals surface area contributed by atoms with E-state index in [1.54, 1.807) is 24.3 Å². The van der Waals surface area contributed by atoms with Crippen molar-refractivity contribution >= 4 is 17.4 Å². The molecule has 0 fully saturated rings. The lowest BCUT2D eigenvalue weighted by atomic mass is 10.1. The number of carbonyl (C=O) groups is 2. The molecule has 1 aromatic carbocycles. The van der Waals surface area contributed by atoms with E-state index in [0.717, 1.165) is 17.7 Å². The standard InChI is InChI=1S/C15H15N3O3/c1-9(19)10-3-2-4-11(7-10)16-15(20)14-12-8-21-6-5-13(12)17-18-14/h2-4,7H,5-6,8H2,1H3,(H,16,20)(H,17,18). The van der Waals surface area contributed by atoms with Gasteiger partial charge in [-0.15, -0.1) is 0 Å². The molecule has 2 heterocycles. The van der Waals surface area contributed by atoms with E-state index in [-0.39, 0.29) is 11.7 Å². The van der Waals surface area contributed by atoms with Crippen LogP contribution in [0, 0.1) is 0 Å². The summed E-state index contributed by atoms with van der Waals surface area (Å²) in [6.07, 6.45) is 0.732. The number of hydrogen-bond acceptors (Lipinski definition) is 4. The second kappa shape index (κ2) is 5.49. The van der Waals surface area contributed by atoms with E-state index in [1.165, 1.54) is 6.92 Å². The molecule has 0 saturated heterocycles. The summed E-state index contributed by atoms with van der Waals surface area (Å²) in [4.78, 5) is 23.7. The predicted molar refractivity (Wildman–Crippen MR) is 76.3 cm³/mol. The number of nitrogens with one attached hydrogen (secondary N) is 2. The van der Waals surface area contributed by atoms with Gasteiger partial charge in [-0.3, -0.25) is 14.7 Å². The van der Waals surface area contributed by atoms with E-state index < -0.39 is 0 Å². The second-order valence-corrected chi connectivity index (χ2v) is 4.92. The zero-order chi connectivity index (χ0) is 14.8. The first-order valence-electron chi connectivity index (χ1n) is 6.71. The van der Waals surface area contributed by atoms with E-state index in [9.17, 15) is 9.59 Å². The minimum absolute atomic E-state index is 0.0448. The fourth-order valence-corrected chi connectivity index (χ4v) is 2.31. The minimum atomic E-state index is -0.307. The van der Waals surface area contributed by atoms with E-state index in [4.69, 9.17) is 4.74 Å². The number of Topliss-reactive ketones (excluding diaryl/α,β-unsaturated/α-hetero) is 1. The molecule has 0 aliphatic carbocycles. The number of amides is 1. The first kappa shape index (κ1) is 13.5. The van der Waals surface area contributed by atoms with Gasteiger partial charge in [0.25, 0.3) is 5.91 Å². The zero-order valence-electron chi connectivity index (χ0n) is 11.6. The Labute approximate surface area is 121 Å². The number of carbonyl (C=O) groups excluding carboxylic acids is 2. The molecule has 2 N–H and O–H groups in total. The number of ether oxygens (including phenoxy) is 1. The summed E-state index contributed by atoms with van der Waals surface area (Å²) in [5.41, 5.74) is 3.23. The summed E-state index contributed by atoms with van der Waals surface area (Å²) in [6.45, 7) is 2.52. The first-order valence-corrected chi connectivity index (χ1v) is 6.71. The van der Waals surface area contributed by atoms with Gasteiger partial charge in [-0.25, -0.2) is 0 Å². The number of H-pyrrole nitrogens is 1. The van der Waals surface area contributed by atoms with Gasteiger partial charge in [0, 0.05) is 28.9 Å². The average Bonchev–Trinajstić information content (AvgIpc) is 2.91. The molecule has 6 heteroatoms. The summed E-state index contributed by atoms with van der Waals surface area (Å²) in [5, 5.41) is 9.71. The van der Waals surface area contributed by atoms with Gasteiger partial charge in [-0.2, -0.15) is 5.10 Å². The van der Waals surface area contributed by atoms with Crippen LogP contribution in [0.15, 0.2) is 24.3 Å². The van der Waals surface area contributed by atoms with Crippen molar-refractivity contribution in [2.45, 2.75) is 20.0 Å². The van der Waals surface area contributed by atoms with Gasteiger partial charge >= 0.3 is 0 Å². The van der Waals surface area contributed by atoms with Crippen LogP contribution in [0.3, 0.4) is 0 Å². The molecule has 0 atom stereocenters. The lowest BCUT2D eigenvalue weighted by Gasteiger charge is -2.12. The van der Waals surface area contributed by atoms with E-state index in [2.05, 4.69) is 15.5 Å². The van der Waals surface area contributed by atoms with Gasteiger partial charge in [0.2, 0.25) is 0 Å². The van der Waals surface area contributed by atoms with Crippen LogP contribution >= 0.6 is 0 Å². The number of hydrogen-bond donors (Lipinski definition) is 2. The van der Waals surface area contributed by atoms with Crippen molar-refractivity contribution in [3.05, 3.63) is 46.8 Å². The number of ketones is 1. The number of aromatic amines is 1. The summed E-state index contributed by atoms with van der Waals surface area (Å²) >= 11 is 0. The van der Waals surface area contributed by atoms with Crippen molar-refractivity contribution in [3.63, 3.8) is 0 Å². The molecule has 0 spiro atoms. The maximum absolute atomic E-state index is 12.3. The maximum atomic E-state index is 12.3.